The van der Waals surface area contributed by atoms with Crippen LogP contribution in [0.1, 0.15) is 58.3 Å². The van der Waals surface area contributed by atoms with Crippen LogP contribution in [0.25, 0.3) is 0 Å². The summed E-state index contributed by atoms with van der Waals surface area (Å²) in [4.78, 5) is 26.5. The molecule has 3 rings (SSSR count). The monoisotopic (exact) mass is 292 g/mol. The van der Waals surface area contributed by atoms with Gasteiger partial charge in [-0.2, -0.15) is 0 Å². The smallest absolute Gasteiger partial charge is 0.225 e. The molecule has 1 N–H and O–H groups in total. The van der Waals surface area contributed by atoms with Crippen molar-refractivity contribution in [2.24, 2.45) is 17.3 Å². The first-order valence-electron chi connectivity index (χ1n) is 8.70. The summed E-state index contributed by atoms with van der Waals surface area (Å²) >= 11 is 0. The van der Waals surface area contributed by atoms with Crippen LogP contribution in [0.15, 0.2) is 0 Å². The van der Waals surface area contributed by atoms with E-state index in [9.17, 15) is 9.59 Å². The van der Waals surface area contributed by atoms with Crippen molar-refractivity contribution >= 4 is 11.8 Å². The van der Waals surface area contributed by atoms with E-state index in [0.717, 1.165) is 38.8 Å². The quantitative estimate of drug-likeness (QED) is 0.817. The zero-order chi connectivity index (χ0) is 14.9. The number of rotatable bonds is 6. The molecule has 0 spiro atoms. The van der Waals surface area contributed by atoms with Gasteiger partial charge in [-0.3, -0.25) is 9.59 Å². The molecule has 0 unspecified atom stereocenters. The van der Waals surface area contributed by atoms with E-state index in [1.165, 1.54) is 25.7 Å². The molecule has 2 aliphatic carbocycles. The molecule has 4 heteroatoms. The third-order valence-electron chi connectivity index (χ3n) is 5.41. The number of hydrogen-bond donors (Lipinski definition) is 1. The van der Waals surface area contributed by atoms with Crippen LogP contribution in [-0.4, -0.2) is 36.3 Å². The molecule has 2 amide bonds. The first-order chi connectivity index (χ1) is 10.1. The largest absolute Gasteiger partial charge is 0.355 e. The number of carbonyl (C=O) groups is 2. The molecule has 1 saturated heterocycles. The van der Waals surface area contributed by atoms with E-state index in [2.05, 4.69) is 12.2 Å². The number of nitrogens with one attached hydrogen (secondary N) is 1. The van der Waals surface area contributed by atoms with Crippen molar-refractivity contribution in [2.75, 3.05) is 19.6 Å². The highest BCUT2D eigenvalue weighted by Gasteiger charge is 2.42. The van der Waals surface area contributed by atoms with E-state index < -0.39 is 0 Å². The van der Waals surface area contributed by atoms with Gasteiger partial charge in [0.05, 0.1) is 5.92 Å². The second kappa shape index (κ2) is 5.98. The number of likely N-dealkylation sites (tertiary alicyclic amines) is 1. The maximum absolute atomic E-state index is 12.4. The Morgan fingerprint density at radius 1 is 1.19 bits per heavy atom. The maximum Gasteiger partial charge on any atom is 0.225 e. The Balaban J connectivity index is 1.46. The lowest BCUT2D eigenvalue weighted by atomic mass is 9.95. The molecule has 1 atom stereocenters. The van der Waals surface area contributed by atoms with Crippen LogP contribution < -0.4 is 5.32 Å². The van der Waals surface area contributed by atoms with Gasteiger partial charge < -0.3 is 10.2 Å². The van der Waals surface area contributed by atoms with E-state index >= 15 is 0 Å². The third kappa shape index (κ3) is 3.58. The summed E-state index contributed by atoms with van der Waals surface area (Å²) in [6.07, 6.45) is 8.94. The molecule has 1 heterocycles. The Bertz CT molecular complexity index is 413. The van der Waals surface area contributed by atoms with E-state index in [0.29, 0.717) is 12.0 Å². The molecular formula is C17H28N2O2. The summed E-state index contributed by atoms with van der Waals surface area (Å²) < 4.78 is 0. The Labute approximate surface area is 127 Å². The molecule has 4 nitrogen and oxygen atoms in total. The molecule has 0 aromatic heterocycles. The van der Waals surface area contributed by atoms with Gasteiger partial charge in [-0.1, -0.05) is 13.3 Å². The van der Waals surface area contributed by atoms with E-state index in [1.807, 2.05) is 4.90 Å². The van der Waals surface area contributed by atoms with Crippen molar-refractivity contribution < 1.29 is 9.59 Å². The summed E-state index contributed by atoms with van der Waals surface area (Å²) in [7, 11) is 0. The highest BCUT2D eigenvalue weighted by molar-refractivity contribution is 5.83. The normalized spacial score (nSPS) is 27.3. The topological polar surface area (TPSA) is 49.4 Å². The van der Waals surface area contributed by atoms with Crippen LogP contribution in [0.2, 0.25) is 0 Å². The van der Waals surface area contributed by atoms with Crippen LogP contribution in [-0.2, 0) is 9.59 Å². The second-order valence-electron chi connectivity index (χ2n) is 7.37. The fourth-order valence-electron chi connectivity index (χ4n) is 3.62. The number of hydrogen-bond acceptors (Lipinski definition) is 2. The van der Waals surface area contributed by atoms with Crippen LogP contribution in [0, 0.1) is 17.3 Å². The molecule has 3 aliphatic rings. The first kappa shape index (κ1) is 14.9. The number of nitrogens with zero attached hydrogens (tertiary/aromatic N) is 1. The predicted molar refractivity (Wildman–Crippen MR) is 81.6 cm³/mol. The van der Waals surface area contributed by atoms with Crippen molar-refractivity contribution in [1.29, 1.82) is 0 Å². The predicted octanol–water partition coefficient (Wildman–Crippen LogP) is 2.33. The van der Waals surface area contributed by atoms with Crippen LogP contribution in [0.4, 0.5) is 0 Å². The maximum atomic E-state index is 12.4. The minimum atomic E-state index is 0.0128. The lowest BCUT2D eigenvalue weighted by molar-refractivity contribution is -0.136. The average molecular weight is 292 g/mol. The van der Waals surface area contributed by atoms with E-state index in [4.69, 9.17) is 0 Å². The zero-order valence-electron chi connectivity index (χ0n) is 13.2. The standard InChI is InChI=1S/C17H28N2O2/c1-2-7-17(8-9-17)12-18-15(20)14-4-3-10-19(11-14)16(21)13-5-6-13/h13-14H,2-12H2,1H3,(H,18,20)/t14-/m0/s1. The van der Waals surface area contributed by atoms with Crippen molar-refractivity contribution in [3.8, 4) is 0 Å². The summed E-state index contributed by atoms with van der Waals surface area (Å²) in [5.74, 6) is 0.743. The second-order valence-corrected chi connectivity index (χ2v) is 7.37. The van der Waals surface area contributed by atoms with Gasteiger partial charge in [0, 0.05) is 25.6 Å². The molecule has 0 aromatic rings. The molecule has 0 bridgehead atoms. The van der Waals surface area contributed by atoms with Gasteiger partial charge in [-0.25, -0.2) is 0 Å². The SMILES string of the molecule is CCCC1(CNC(=O)[C@H]2CCCN(C(=O)C3CC3)C2)CC1. The molecule has 1 aliphatic heterocycles. The van der Waals surface area contributed by atoms with Crippen molar-refractivity contribution in [2.45, 2.75) is 58.3 Å². The fourth-order valence-corrected chi connectivity index (χ4v) is 3.62. The lowest BCUT2D eigenvalue weighted by Crippen LogP contribution is -2.46. The molecule has 3 fully saturated rings. The van der Waals surface area contributed by atoms with Crippen molar-refractivity contribution in [3.05, 3.63) is 0 Å². The summed E-state index contributed by atoms with van der Waals surface area (Å²) in [6, 6.07) is 0. The van der Waals surface area contributed by atoms with Gasteiger partial charge in [0.25, 0.3) is 0 Å². The van der Waals surface area contributed by atoms with Crippen molar-refractivity contribution in [3.63, 3.8) is 0 Å². The highest BCUT2D eigenvalue weighted by atomic mass is 16.2. The summed E-state index contributed by atoms with van der Waals surface area (Å²) in [5, 5.41) is 3.17. The van der Waals surface area contributed by atoms with Gasteiger partial charge in [-0.05, 0) is 50.4 Å². The van der Waals surface area contributed by atoms with E-state index in [1.54, 1.807) is 0 Å². The van der Waals surface area contributed by atoms with Crippen LogP contribution in [0.5, 0.6) is 0 Å². The highest BCUT2D eigenvalue weighted by Crippen LogP contribution is 2.49. The fraction of sp³-hybridized carbons (Fsp3) is 0.882. The van der Waals surface area contributed by atoms with Gasteiger partial charge in [-0.15, -0.1) is 0 Å². The first-order valence-corrected chi connectivity index (χ1v) is 8.70. The van der Waals surface area contributed by atoms with Crippen LogP contribution in [0.3, 0.4) is 0 Å². The Morgan fingerprint density at radius 3 is 2.57 bits per heavy atom. The molecule has 2 saturated carbocycles. The molecule has 21 heavy (non-hydrogen) atoms. The molecular weight excluding hydrogens is 264 g/mol. The van der Waals surface area contributed by atoms with Crippen LogP contribution >= 0.6 is 0 Å². The number of amides is 2. The van der Waals surface area contributed by atoms with Gasteiger partial charge >= 0.3 is 0 Å². The van der Waals surface area contributed by atoms with Gasteiger partial charge in [0.1, 0.15) is 0 Å². The average Bonchev–Trinajstić information content (AvgIpc) is 3.39. The Morgan fingerprint density at radius 2 is 1.95 bits per heavy atom. The molecule has 0 aromatic carbocycles. The molecule has 0 radical (unpaired) electrons. The zero-order valence-corrected chi connectivity index (χ0v) is 13.2. The minimum Gasteiger partial charge on any atom is -0.355 e. The third-order valence-corrected chi connectivity index (χ3v) is 5.41. The van der Waals surface area contributed by atoms with Crippen molar-refractivity contribution in [1.82, 2.24) is 10.2 Å². The number of piperidine rings is 1. The van der Waals surface area contributed by atoms with Gasteiger partial charge in [0.2, 0.25) is 11.8 Å². The Kier molecular flexibility index (Phi) is 4.23. The molecule has 118 valence electrons. The summed E-state index contributed by atoms with van der Waals surface area (Å²) in [5.41, 5.74) is 0.405. The Hall–Kier alpha value is -1.06. The number of carbonyl (C=O) groups excluding carboxylic acids is 2. The summed E-state index contributed by atoms with van der Waals surface area (Å²) in [6.45, 7) is 4.54. The van der Waals surface area contributed by atoms with E-state index in [-0.39, 0.29) is 23.7 Å². The lowest BCUT2D eigenvalue weighted by Gasteiger charge is -2.32. The van der Waals surface area contributed by atoms with Gasteiger partial charge in [0.15, 0.2) is 0 Å². The minimum absolute atomic E-state index is 0.0128.